The number of hydrogen-bond acceptors (Lipinski definition) is 4. The summed E-state index contributed by atoms with van der Waals surface area (Å²) in [7, 11) is 5.78. The van der Waals surface area contributed by atoms with E-state index in [1.54, 1.807) is 13.3 Å². The highest BCUT2D eigenvalue weighted by Crippen LogP contribution is 2.26. The number of aromatic nitrogens is 3. The Labute approximate surface area is 142 Å². The SMILES string of the molecule is COc1ccc(-n2ccnc2-c2cccc(C(C)N(C)C)c2)cn1. The van der Waals surface area contributed by atoms with E-state index in [1.807, 2.05) is 29.1 Å². The van der Waals surface area contributed by atoms with Gasteiger partial charge in [0.25, 0.3) is 0 Å². The van der Waals surface area contributed by atoms with E-state index >= 15 is 0 Å². The Morgan fingerprint density at radius 2 is 1.96 bits per heavy atom. The van der Waals surface area contributed by atoms with Gasteiger partial charge in [-0.15, -0.1) is 0 Å². The monoisotopic (exact) mass is 322 g/mol. The molecule has 124 valence electrons. The fraction of sp³-hybridized carbons (Fsp3) is 0.263. The average Bonchev–Trinajstić information content (AvgIpc) is 3.11. The third kappa shape index (κ3) is 3.16. The van der Waals surface area contributed by atoms with Gasteiger partial charge in [-0.05, 0) is 38.7 Å². The van der Waals surface area contributed by atoms with Crippen molar-refractivity contribution in [2.45, 2.75) is 13.0 Å². The Balaban J connectivity index is 1.99. The van der Waals surface area contributed by atoms with Crippen LogP contribution >= 0.6 is 0 Å². The van der Waals surface area contributed by atoms with E-state index in [1.165, 1.54) is 5.56 Å². The molecule has 1 aromatic carbocycles. The highest BCUT2D eigenvalue weighted by molar-refractivity contribution is 5.59. The predicted octanol–water partition coefficient (Wildman–Crippen LogP) is 3.57. The smallest absolute Gasteiger partial charge is 0.213 e. The molecule has 0 bridgehead atoms. The summed E-state index contributed by atoms with van der Waals surface area (Å²) in [4.78, 5) is 11.0. The standard InChI is InChI=1S/C19H22N4O/c1-14(22(2)3)15-6-5-7-16(12-15)19-20-10-11-23(19)17-8-9-18(24-4)21-13-17/h5-14H,1-4H3. The van der Waals surface area contributed by atoms with Crippen molar-refractivity contribution in [2.75, 3.05) is 21.2 Å². The first-order valence-corrected chi connectivity index (χ1v) is 7.90. The molecule has 2 heterocycles. The molecular formula is C19H22N4O. The molecule has 0 fully saturated rings. The van der Waals surface area contributed by atoms with Gasteiger partial charge < -0.3 is 9.64 Å². The van der Waals surface area contributed by atoms with E-state index < -0.39 is 0 Å². The number of pyridine rings is 1. The predicted molar refractivity (Wildman–Crippen MR) is 95.4 cm³/mol. The number of benzene rings is 1. The van der Waals surface area contributed by atoms with Gasteiger partial charge in [0.1, 0.15) is 5.82 Å². The quantitative estimate of drug-likeness (QED) is 0.720. The van der Waals surface area contributed by atoms with Crippen LogP contribution < -0.4 is 4.74 Å². The first-order chi connectivity index (χ1) is 11.6. The molecule has 0 saturated carbocycles. The molecule has 0 aliphatic rings. The number of nitrogens with zero attached hydrogens (tertiary/aromatic N) is 4. The van der Waals surface area contributed by atoms with Crippen molar-refractivity contribution in [3.8, 4) is 23.0 Å². The first-order valence-electron chi connectivity index (χ1n) is 7.90. The fourth-order valence-electron chi connectivity index (χ4n) is 2.60. The van der Waals surface area contributed by atoms with Crippen molar-refractivity contribution >= 4 is 0 Å². The molecule has 1 unspecified atom stereocenters. The maximum Gasteiger partial charge on any atom is 0.213 e. The van der Waals surface area contributed by atoms with Gasteiger partial charge >= 0.3 is 0 Å². The minimum absolute atomic E-state index is 0.344. The summed E-state index contributed by atoms with van der Waals surface area (Å²) >= 11 is 0. The Kier molecular flexibility index (Phi) is 4.62. The molecule has 5 heteroatoms. The van der Waals surface area contributed by atoms with Crippen molar-refractivity contribution in [1.29, 1.82) is 0 Å². The Morgan fingerprint density at radius 3 is 2.62 bits per heavy atom. The lowest BCUT2D eigenvalue weighted by atomic mass is 10.0. The number of rotatable bonds is 5. The molecule has 0 radical (unpaired) electrons. The summed E-state index contributed by atoms with van der Waals surface area (Å²) < 4.78 is 7.16. The lowest BCUT2D eigenvalue weighted by Crippen LogP contribution is -2.16. The second-order valence-electron chi connectivity index (χ2n) is 5.94. The van der Waals surface area contributed by atoms with Crippen molar-refractivity contribution in [3.63, 3.8) is 0 Å². The lowest BCUT2D eigenvalue weighted by Gasteiger charge is -2.20. The molecule has 0 spiro atoms. The number of imidazole rings is 1. The molecule has 5 nitrogen and oxygen atoms in total. The van der Waals surface area contributed by atoms with Crippen LogP contribution in [0.4, 0.5) is 0 Å². The summed E-state index contributed by atoms with van der Waals surface area (Å²) in [5.74, 6) is 1.50. The van der Waals surface area contributed by atoms with E-state index in [4.69, 9.17) is 4.74 Å². The maximum absolute atomic E-state index is 5.13. The fourth-order valence-corrected chi connectivity index (χ4v) is 2.60. The molecule has 24 heavy (non-hydrogen) atoms. The van der Waals surface area contributed by atoms with Gasteiger partial charge in [0, 0.05) is 30.1 Å². The van der Waals surface area contributed by atoms with Gasteiger partial charge in [0.2, 0.25) is 5.88 Å². The summed E-state index contributed by atoms with van der Waals surface area (Å²) in [6.07, 6.45) is 5.54. The maximum atomic E-state index is 5.13. The van der Waals surface area contributed by atoms with Gasteiger partial charge in [-0.25, -0.2) is 9.97 Å². The Morgan fingerprint density at radius 1 is 1.12 bits per heavy atom. The third-order valence-corrected chi connectivity index (χ3v) is 4.25. The van der Waals surface area contributed by atoms with Crippen molar-refractivity contribution in [1.82, 2.24) is 19.4 Å². The van der Waals surface area contributed by atoms with Gasteiger partial charge in [-0.2, -0.15) is 0 Å². The molecule has 3 rings (SSSR count). The van der Waals surface area contributed by atoms with E-state index in [9.17, 15) is 0 Å². The zero-order valence-electron chi connectivity index (χ0n) is 14.5. The zero-order valence-corrected chi connectivity index (χ0v) is 14.5. The second-order valence-corrected chi connectivity index (χ2v) is 5.94. The van der Waals surface area contributed by atoms with Crippen LogP contribution in [0.25, 0.3) is 17.1 Å². The first kappa shape index (κ1) is 16.2. The summed E-state index contributed by atoms with van der Waals surface area (Å²) in [6, 6.07) is 12.7. The van der Waals surface area contributed by atoms with E-state index in [0.717, 1.165) is 17.1 Å². The van der Waals surface area contributed by atoms with Crippen LogP contribution in [0.5, 0.6) is 5.88 Å². The molecule has 0 aliphatic heterocycles. The summed E-state index contributed by atoms with van der Waals surface area (Å²) in [5, 5.41) is 0. The van der Waals surface area contributed by atoms with Crippen LogP contribution in [0.2, 0.25) is 0 Å². The van der Waals surface area contributed by atoms with Crippen LogP contribution in [0.1, 0.15) is 18.5 Å². The minimum Gasteiger partial charge on any atom is -0.481 e. The highest BCUT2D eigenvalue weighted by Gasteiger charge is 2.12. The molecule has 0 aliphatic carbocycles. The third-order valence-electron chi connectivity index (χ3n) is 4.25. The summed E-state index contributed by atoms with van der Waals surface area (Å²) in [5.41, 5.74) is 3.30. The van der Waals surface area contributed by atoms with Crippen molar-refractivity contribution < 1.29 is 4.74 Å². The summed E-state index contributed by atoms with van der Waals surface area (Å²) in [6.45, 7) is 2.19. The van der Waals surface area contributed by atoms with Crippen molar-refractivity contribution in [3.05, 3.63) is 60.6 Å². The number of ether oxygens (including phenoxy) is 1. The molecule has 3 aromatic rings. The zero-order chi connectivity index (χ0) is 17.1. The van der Waals surface area contributed by atoms with Crippen molar-refractivity contribution in [2.24, 2.45) is 0 Å². The molecule has 1 atom stereocenters. The van der Waals surface area contributed by atoms with Gasteiger partial charge in [-0.1, -0.05) is 18.2 Å². The van der Waals surface area contributed by atoms with Crippen LogP contribution in [-0.4, -0.2) is 40.6 Å². The number of hydrogen-bond donors (Lipinski definition) is 0. The van der Waals surface area contributed by atoms with Gasteiger partial charge in [0.05, 0.1) is 19.0 Å². The average molecular weight is 322 g/mol. The van der Waals surface area contributed by atoms with Gasteiger partial charge in [0.15, 0.2) is 0 Å². The van der Waals surface area contributed by atoms with E-state index in [0.29, 0.717) is 11.9 Å². The topological polar surface area (TPSA) is 43.2 Å². The minimum atomic E-state index is 0.344. The molecular weight excluding hydrogens is 300 g/mol. The Bertz CT molecular complexity index is 808. The second kappa shape index (κ2) is 6.84. The molecule has 0 N–H and O–H groups in total. The van der Waals surface area contributed by atoms with Crippen LogP contribution in [0.3, 0.4) is 0 Å². The van der Waals surface area contributed by atoms with E-state index in [2.05, 4.69) is 60.2 Å². The molecule has 0 saturated heterocycles. The lowest BCUT2D eigenvalue weighted by molar-refractivity contribution is 0.321. The van der Waals surface area contributed by atoms with Crippen LogP contribution in [0.15, 0.2) is 55.0 Å². The van der Waals surface area contributed by atoms with Crippen LogP contribution in [0, 0.1) is 0 Å². The molecule has 2 aromatic heterocycles. The number of methoxy groups -OCH3 is 1. The normalized spacial score (nSPS) is 12.4. The van der Waals surface area contributed by atoms with Crippen LogP contribution in [-0.2, 0) is 0 Å². The Hall–Kier alpha value is -2.66. The highest BCUT2D eigenvalue weighted by atomic mass is 16.5. The largest absolute Gasteiger partial charge is 0.481 e. The molecule has 0 amide bonds. The van der Waals surface area contributed by atoms with E-state index in [-0.39, 0.29) is 0 Å². The van der Waals surface area contributed by atoms with Gasteiger partial charge in [-0.3, -0.25) is 4.57 Å².